The van der Waals surface area contributed by atoms with Gasteiger partial charge in [-0.25, -0.2) is 0 Å². The Labute approximate surface area is 118 Å². The molecule has 0 aliphatic heterocycles. The summed E-state index contributed by atoms with van der Waals surface area (Å²) >= 11 is 0. The van der Waals surface area contributed by atoms with Crippen LogP contribution in [0.5, 0.6) is 0 Å². The van der Waals surface area contributed by atoms with Gasteiger partial charge in [0.1, 0.15) is 5.58 Å². The van der Waals surface area contributed by atoms with Crippen LogP contribution in [0.2, 0.25) is 0 Å². The van der Waals surface area contributed by atoms with Crippen LogP contribution in [0, 0.1) is 13.8 Å². The third kappa shape index (κ3) is 3.28. The molecule has 1 atom stereocenters. The van der Waals surface area contributed by atoms with Gasteiger partial charge in [0.2, 0.25) is 0 Å². The van der Waals surface area contributed by atoms with Crippen molar-refractivity contribution in [2.75, 3.05) is 6.54 Å². The number of amides is 1. The molecule has 0 saturated heterocycles. The summed E-state index contributed by atoms with van der Waals surface area (Å²) in [4.78, 5) is 11.9. The monoisotopic (exact) mass is 282 g/mol. The van der Waals surface area contributed by atoms with Gasteiger partial charge in [-0.3, -0.25) is 4.79 Å². The second-order valence-corrected chi connectivity index (χ2v) is 4.70. The first-order valence-corrected chi connectivity index (χ1v) is 6.03. The van der Waals surface area contributed by atoms with Crippen molar-refractivity contribution in [1.82, 2.24) is 5.32 Å². The highest BCUT2D eigenvalue weighted by molar-refractivity contribution is 5.96. The van der Waals surface area contributed by atoms with E-state index in [4.69, 9.17) is 10.2 Å². The van der Waals surface area contributed by atoms with Crippen LogP contribution in [-0.4, -0.2) is 18.5 Å². The molecule has 1 aromatic carbocycles. The van der Waals surface area contributed by atoms with Gasteiger partial charge in [0, 0.05) is 18.0 Å². The molecule has 1 amide bonds. The van der Waals surface area contributed by atoms with Crippen molar-refractivity contribution >= 4 is 29.3 Å². The van der Waals surface area contributed by atoms with E-state index in [0.717, 1.165) is 16.5 Å². The van der Waals surface area contributed by atoms with E-state index in [9.17, 15) is 4.79 Å². The molecule has 0 aliphatic carbocycles. The van der Waals surface area contributed by atoms with E-state index in [1.165, 1.54) is 5.56 Å². The third-order valence-electron chi connectivity index (χ3n) is 3.09. The average Bonchev–Trinajstić information content (AvgIpc) is 2.72. The molecule has 3 N–H and O–H groups in total. The first-order chi connectivity index (χ1) is 8.51. The van der Waals surface area contributed by atoms with Crippen LogP contribution in [0.15, 0.2) is 22.6 Å². The van der Waals surface area contributed by atoms with E-state index in [2.05, 4.69) is 5.32 Å². The van der Waals surface area contributed by atoms with Gasteiger partial charge in [-0.05, 0) is 50.1 Å². The molecular formula is C14H19ClN2O2. The normalized spacial score (nSPS) is 12.0. The maximum atomic E-state index is 11.9. The van der Waals surface area contributed by atoms with Crippen molar-refractivity contribution in [3.8, 4) is 0 Å². The molecule has 5 heteroatoms. The Hall–Kier alpha value is -1.52. The van der Waals surface area contributed by atoms with Crippen LogP contribution >= 0.6 is 12.4 Å². The predicted molar refractivity (Wildman–Crippen MR) is 78.9 cm³/mol. The molecule has 0 saturated carbocycles. The Balaban J connectivity index is 0.00000180. The summed E-state index contributed by atoms with van der Waals surface area (Å²) in [5, 5.41) is 3.73. The van der Waals surface area contributed by atoms with Gasteiger partial charge >= 0.3 is 0 Å². The van der Waals surface area contributed by atoms with Crippen LogP contribution in [-0.2, 0) is 0 Å². The molecule has 4 nitrogen and oxygen atoms in total. The maximum Gasteiger partial charge on any atom is 0.287 e. The highest BCUT2D eigenvalue weighted by Gasteiger charge is 2.14. The van der Waals surface area contributed by atoms with Crippen molar-refractivity contribution < 1.29 is 9.21 Å². The minimum absolute atomic E-state index is 0. The summed E-state index contributed by atoms with van der Waals surface area (Å²) in [6, 6.07) is 5.68. The number of nitrogens with two attached hydrogens (primary N) is 1. The van der Waals surface area contributed by atoms with Gasteiger partial charge in [-0.1, -0.05) is 0 Å². The van der Waals surface area contributed by atoms with Gasteiger partial charge in [0.25, 0.3) is 5.91 Å². The Kier molecular flexibility index (Phi) is 4.97. The predicted octanol–water partition coefficient (Wildman–Crippen LogP) is 2.55. The number of aryl methyl sites for hydroxylation is 2. The molecule has 0 unspecified atom stereocenters. The molecule has 2 aromatic rings. The Morgan fingerprint density at radius 2 is 1.95 bits per heavy atom. The largest absolute Gasteiger partial charge is 0.451 e. The molecular weight excluding hydrogens is 264 g/mol. The zero-order valence-corrected chi connectivity index (χ0v) is 12.1. The zero-order valence-electron chi connectivity index (χ0n) is 11.3. The molecule has 1 aromatic heterocycles. The molecule has 104 valence electrons. The Morgan fingerprint density at radius 3 is 2.58 bits per heavy atom. The van der Waals surface area contributed by atoms with E-state index >= 15 is 0 Å². The molecule has 19 heavy (non-hydrogen) atoms. The topological polar surface area (TPSA) is 68.3 Å². The summed E-state index contributed by atoms with van der Waals surface area (Å²) in [6.07, 6.45) is 0. The first-order valence-electron chi connectivity index (χ1n) is 6.03. The van der Waals surface area contributed by atoms with Crippen LogP contribution in [0.25, 0.3) is 11.0 Å². The number of carbonyl (C=O) groups excluding carboxylic acids is 1. The van der Waals surface area contributed by atoms with Gasteiger partial charge < -0.3 is 15.5 Å². The second-order valence-electron chi connectivity index (χ2n) is 4.70. The number of nitrogens with one attached hydrogen (secondary N) is 1. The highest BCUT2D eigenvalue weighted by Crippen LogP contribution is 2.23. The average molecular weight is 283 g/mol. The number of fused-ring (bicyclic) bond motifs is 1. The summed E-state index contributed by atoms with van der Waals surface area (Å²) in [5.74, 6) is 0.106. The van der Waals surface area contributed by atoms with Crippen LogP contribution in [0.1, 0.15) is 28.6 Å². The molecule has 1 heterocycles. The number of carbonyl (C=O) groups is 1. The van der Waals surface area contributed by atoms with E-state index in [1.807, 2.05) is 32.9 Å². The summed E-state index contributed by atoms with van der Waals surface area (Å²) in [7, 11) is 0. The molecule has 0 radical (unpaired) electrons. The lowest BCUT2D eigenvalue weighted by molar-refractivity contribution is 0.0915. The SMILES string of the molecule is Cc1cc2cc(C(=O)N[C@@H](C)CN)oc2cc1C.Cl. The molecule has 0 spiro atoms. The van der Waals surface area contributed by atoms with Crippen molar-refractivity contribution in [2.45, 2.75) is 26.8 Å². The van der Waals surface area contributed by atoms with E-state index in [-0.39, 0.29) is 24.4 Å². The number of hydrogen-bond donors (Lipinski definition) is 2. The number of rotatable bonds is 3. The summed E-state index contributed by atoms with van der Waals surface area (Å²) in [5.41, 5.74) is 8.55. The van der Waals surface area contributed by atoms with Crippen molar-refractivity contribution in [2.24, 2.45) is 5.73 Å². The standard InChI is InChI=1S/C14H18N2O2.ClH/c1-8-4-11-6-13(14(17)16-10(3)7-15)18-12(11)5-9(8)2;/h4-6,10H,7,15H2,1-3H3,(H,16,17);1H/t10-;/m0./s1. The number of benzene rings is 1. The molecule has 0 fully saturated rings. The zero-order chi connectivity index (χ0) is 13.3. The minimum atomic E-state index is -0.223. The van der Waals surface area contributed by atoms with E-state index in [1.54, 1.807) is 6.07 Å². The molecule has 2 rings (SSSR count). The number of halogens is 1. The van der Waals surface area contributed by atoms with Crippen LogP contribution in [0.4, 0.5) is 0 Å². The van der Waals surface area contributed by atoms with Crippen molar-refractivity contribution in [3.63, 3.8) is 0 Å². The van der Waals surface area contributed by atoms with Crippen molar-refractivity contribution in [1.29, 1.82) is 0 Å². The summed E-state index contributed by atoms with van der Waals surface area (Å²) < 4.78 is 5.56. The Morgan fingerprint density at radius 1 is 1.32 bits per heavy atom. The smallest absolute Gasteiger partial charge is 0.287 e. The van der Waals surface area contributed by atoms with Crippen LogP contribution < -0.4 is 11.1 Å². The lowest BCUT2D eigenvalue weighted by Crippen LogP contribution is -2.37. The lowest BCUT2D eigenvalue weighted by atomic mass is 10.1. The Bertz CT molecular complexity index is 553. The minimum Gasteiger partial charge on any atom is -0.451 e. The fourth-order valence-electron chi connectivity index (χ4n) is 1.77. The fraction of sp³-hybridized carbons (Fsp3) is 0.357. The molecule has 0 aliphatic rings. The van der Waals surface area contributed by atoms with Gasteiger partial charge in [-0.15, -0.1) is 12.4 Å². The van der Waals surface area contributed by atoms with Crippen molar-refractivity contribution in [3.05, 3.63) is 35.1 Å². The third-order valence-corrected chi connectivity index (χ3v) is 3.09. The van der Waals surface area contributed by atoms with Crippen LogP contribution in [0.3, 0.4) is 0 Å². The van der Waals surface area contributed by atoms with Gasteiger partial charge in [0.15, 0.2) is 5.76 Å². The van der Waals surface area contributed by atoms with Gasteiger partial charge in [0.05, 0.1) is 0 Å². The first kappa shape index (κ1) is 15.5. The van der Waals surface area contributed by atoms with E-state index < -0.39 is 0 Å². The number of furan rings is 1. The summed E-state index contributed by atoms with van der Waals surface area (Å²) in [6.45, 7) is 6.32. The highest BCUT2D eigenvalue weighted by atomic mass is 35.5. The number of hydrogen-bond acceptors (Lipinski definition) is 3. The molecule has 0 bridgehead atoms. The van der Waals surface area contributed by atoms with E-state index in [0.29, 0.717) is 12.3 Å². The maximum absolute atomic E-state index is 11.9. The van der Waals surface area contributed by atoms with Gasteiger partial charge in [-0.2, -0.15) is 0 Å². The second kappa shape index (κ2) is 6.08. The fourth-order valence-corrected chi connectivity index (χ4v) is 1.77. The lowest BCUT2D eigenvalue weighted by Gasteiger charge is -2.08. The quantitative estimate of drug-likeness (QED) is 0.909.